The predicted octanol–water partition coefficient (Wildman–Crippen LogP) is 0.765. The average molecular weight is 243 g/mol. The van der Waals surface area contributed by atoms with Gasteiger partial charge < -0.3 is 10.5 Å². The van der Waals surface area contributed by atoms with Crippen LogP contribution in [-0.2, 0) is 4.74 Å². The number of rotatable bonds is 5. The maximum Gasteiger partial charge on any atom is 0.0480 e. The minimum atomic E-state index is 0.0692. The molecule has 3 atom stereocenters. The molecule has 0 radical (unpaired) electrons. The van der Waals surface area contributed by atoms with E-state index in [1.165, 1.54) is 0 Å². The maximum atomic E-state index is 5.99. The lowest BCUT2D eigenvalue weighted by atomic mass is 9.92. The zero-order valence-corrected chi connectivity index (χ0v) is 12.1. The van der Waals surface area contributed by atoms with Gasteiger partial charge in [-0.25, -0.2) is 0 Å². The molecule has 1 rings (SSSR count). The fourth-order valence-electron chi connectivity index (χ4n) is 2.56. The van der Waals surface area contributed by atoms with Crippen LogP contribution in [0.1, 0.15) is 27.2 Å². The zero-order chi connectivity index (χ0) is 13.1. The molecule has 1 aliphatic heterocycles. The Morgan fingerprint density at radius 2 is 1.82 bits per heavy atom. The van der Waals surface area contributed by atoms with Gasteiger partial charge >= 0.3 is 0 Å². The second-order valence-electron chi connectivity index (χ2n) is 5.71. The quantitative estimate of drug-likeness (QED) is 0.774. The molecule has 102 valence electrons. The highest BCUT2D eigenvalue weighted by Gasteiger charge is 2.36. The smallest absolute Gasteiger partial charge is 0.0480 e. The van der Waals surface area contributed by atoms with E-state index in [1.54, 1.807) is 7.11 Å². The van der Waals surface area contributed by atoms with Crippen molar-refractivity contribution in [2.24, 2.45) is 5.73 Å². The van der Waals surface area contributed by atoms with E-state index in [2.05, 4.69) is 37.6 Å². The van der Waals surface area contributed by atoms with Crippen LogP contribution in [0.2, 0.25) is 0 Å². The largest absolute Gasteiger partial charge is 0.385 e. The van der Waals surface area contributed by atoms with Gasteiger partial charge in [-0.05, 0) is 34.2 Å². The van der Waals surface area contributed by atoms with Crippen molar-refractivity contribution in [3.8, 4) is 0 Å². The molecule has 4 nitrogen and oxygen atoms in total. The van der Waals surface area contributed by atoms with Gasteiger partial charge in [0.1, 0.15) is 0 Å². The van der Waals surface area contributed by atoms with Crippen LogP contribution in [0, 0.1) is 0 Å². The van der Waals surface area contributed by atoms with E-state index >= 15 is 0 Å². The molecule has 0 aliphatic carbocycles. The first-order chi connectivity index (χ1) is 7.94. The van der Waals surface area contributed by atoms with Crippen LogP contribution in [-0.4, -0.2) is 67.8 Å². The van der Waals surface area contributed by atoms with E-state index < -0.39 is 0 Å². The highest BCUT2D eigenvalue weighted by atomic mass is 16.5. The molecule has 1 saturated heterocycles. The Balaban J connectivity index is 2.69. The van der Waals surface area contributed by atoms with Crippen LogP contribution < -0.4 is 5.73 Å². The second-order valence-corrected chi connectivity index (χ2v) is 5.71. The van der Waals surface area contributed by atoms with Crippen molar-refractivity contribution in [3.05, 3.63) is 0 Å². The van der Waals surface area contributed by atoms with Crippen molar-refractivity contribution in [2.75, 3.05) is 40.4 Å². The van der Waals surface area contributed by atoms with Gasteiger partial charge in [0.2, 0.25) is 0 Å². The van der Waals surface area contributed by atoms with Gasteiger partial charge in [-0.1, -0.05) is 0 Å². The number of nitrogens with two attached hydrogens (primary N) is 1. The van der Waals surface area contributed by atoms with Crippen molar-refractivity contribution < 1.29 is 4.74 Å². The average Bonchev–Trinajstić information content (AvgIpc) is 2.32. The topological polar surface area (TPSA) is 41.7 Å². The van der Waals surface area contributed by atoms with Crippen LogP contribution in [0.3, 0.4) is 0 Å². The molecular formula is C13H29N3O. The summed E-state index contributed by atoms with van der Waals surface area (Å²) < 4.78 is 5.21. The molecule has 1 fully saturated rings. The van der Waals surface area contributed by atoms with Gasteiger partial charge in [-0.3, -0.25) is 9.80 Å². The Labute approximate surface area is 106 Å². The SMILES string of the molecule is COCCC(C)(CN)N1CC(C)N(C)C(C)C1. The molecule has 1 heterocycles. The van der Waals surface area contributed by atoms with E-state index in [0.717, 1.165) is 26.1 Å². The molecular weight excluding hydrogens is 214 g/mol. The molecule has 4 heteroatoms. The molecule has 0 aromatic rings. The lowest BCUT2D eigenvalue weighted by molar-refractivity contribution is -0.0144. The van der Waals surface area contributed by atoms with E-state index in [4.69, 9.17) is 10.5 Å². The summed E-state index contributed by atoms with van der Waals surface area (Å²) in [6.45, 7) is 10.5. The fourth-order valence-corrected chi connectivity index (χ4v) is 2.56. The van der Waals surface area contributed by atoms with Gasteiger partial charge in [0.15, 0.2) is 0 Å². The third kappa shape index (κ3) is 3.41. The van der Waals surface area contributed by atoms with Crippen LogP contribution in [0.5, 0.6) is 0 Å². The molecule has 0 saturated carbocycles. The molecule has 3 unspecified atom stereocenters. The number of nitrogens with zero attached hydrogens (tertiary/aromatic N) is 2. The molecule has 0 aromatic carbocycles. The van der Waals surface area contributed by atoms with Crippen LogP contribution in [0.4, 0.5) is 0 Å². The Morgan fingerprint density at radius 1 is 1.29 bits per heavy atom. The van der Waals surface area contributed by atoms with E-state index in [1.807, 2.05) is 0 Å². The molecule has 0 bridgehead atoms. The van der Waals surface area contributed by atoms with Crippen molar-refractivity contribution in [3.63, 3.8) is 0 Å². The van der Waals surface area contributed by atoms with Gasteiger partial charge in [0, 0.05) is 51.0 Å². The first kappa shape index (κ1) is 14.9. The van der Waals surface area contributed by atoms with Crippen molar-refractivity contribution in [1.82, 2.24) is 9.80 Å². The summed E-state index contributed by atoms with van der Waals surface area (Å²) >= 11 is 0. The number of piperazine rings is 1. The fraction of sp³-hybridized carbons (Fsp3) is 1.00. The molecule has 1 aliphatic rings. The minimum Gasteiger partial charge on any atom is -0.385 e. The Morgan fingerprint density at radius 3 is 2.24 bits per heavy atom. The van der Waals surface area contributed by atoms with E-state index in [9.17, 15) is 0 Å². The predicted molar refractivity (Wildman–Crippen MR) is 72.2 cm³/mol. The summed E-state index contributed by atoms with van der Waals surface area (Å²) in [6.07, 6.45) is 1.00. The summed E-state index contributed by atoms with van der Waals surface area (Å²) in [5.41, 5.74) is 6.06. The Bertz CT molecular complexity index is 225. The third-order valence-corrected chi connectivity index (χ3v) is 4.41. The first-order valence-electron chi connectivity index (χ1n) is 6.60. The first-order valence-corrected chi connectivity index (χ1v) is 6.60. The van der Waals surface area contributed by atoms with E-state index in [-0.39, 0.29) is 5.54 Å². The molecule has 0 aromatic heterocycles. The molecule has 0 amide bonds. The lowest BCUT2D eigenvalue weighted by Gasteiger charge is -2.50. The van der Waals surface area contributed by atoms with Crippen molar-refractivity contribution in [1.29, 1.82) is 0 Å². The summed E-state index contributed by atoms with van der Waals surface area (Å²) in [6, 6.07) is 1.18. The van der Waals surface area contributed by atoms with Gasteiger partial charge in [-0.15, -0.1) is 0 Å². The minimum absolute atomic E-state index is 0.0692. The van der Waals surface area contributed by atoms with Crippen molar-refractivity contribution >= 4 is 0 Å². The number of methoxy groups -OCH3 is 1. The summed E-state index contributed by atoms with van der Waals surface area (Å²) in [5, 5.41) is 0. The van der Waals surface area contributed by atoms with E-state index in [0.29, 0.717) is 18.6 Å². The zero-order valence-electron chi connectivity index (χ0n) is 12.1. The highest BCUT2D eigenvalue weighted by Crippen LogP contribution is 2.24. The summed E-state index contributed by atoms with van der Waals surface area (Å²) in [4.78, 5) is 4.99. The van der Waals surface area contributed by atoms with Crippen LogP contribution in [0.15, 0.2) is 0 Å². The Kier molecular flexibility index (Phi) is 5.38. The van der Waals surface area contributed by atoms with Gasteiger partial charge in [-0.2, -0.15) is 0 Å². The van der Waals surface area contributed by atoms with Gasteiger partial charge in [0.05, 0.1) is 0 Å². The normalized spacial score (nSPS) is 31.4. The monoisotopic (exact) mass is 243 g/mol. The lowest BCUT2D eigenvalue weighted by Crippen LogP contribution is -2.63. The van der Waals surface area contributed by atoms with Crippen LogP contribution >= 0.6 is 0 Å². The summed E-state index contributed by atoms with van der Waals surface area (Å²) in [7, 11) is 3.97. The Hall–Kier alpha value is -0.160. The second kappa shape index (κ2) is 6.14. The number of hydrogen-bond acceptors (Lipinski definition) is 4. The van der Waals surface area contributed by atoms with Crippen molar-refractivity contribution in [2.45, 2.75) is 44.8 Å². The molecule has 17 heavy (non-hydrogen) atoms. The number of ether oxygens (including phenoxy) is 1. The summed E-state index contributed by atoms with van der Waals surface area (Å²) in [5.74, 6) is 0. The maximum absolute atomic E-state index is 5.99. The third-order valence-electron chi connectivity index (χ3n) is 4.41. The standard InChI is InChI=1S/C13H29N3O/c1-11-8-16(9-12(2)15(11)4)13(3,10-14)6-7-17-5/h11-12H,6-10,14H2,1-5H3. The number of hydrogen-bond donors (Lipinski definition) is 1. The molecule has 2 N–H and O–H groups in total. The highest BCUT2D eigenvalue weighted by molar-refractivity contribution is 4.94. The van der Waals surface area contributed by atoms with Crippen LogP contribution in [0.25, 0.3) is 0 Å². The molecule has 0 spiro atoms. The number of likely N-dealkylation sites (N-methyl/N-ethyl adjacent to an activating group) is 1. The van der Waals surface area contributed by atoms with Gasteiger partial charge in [0.25, 0.3) is 0 Å².